The Morgan fingerprint density at radius 2 is 1.71 bits per heavy atom. The van der Waals surface area contributed by atoms with Gasteiger partial charge in [-0.15, -0.1) is 0 Å². The molecular weight excluding hydrogens is 570 g/mol. The molecule has 5 rings (SSSR count). The van der Waals surface area contributed by atoms with E-state index in [4.69, 9.17) is 14.2 Å². The summed E-state index contributed by atoms with van der Waals surface area (Å²) >= 11 is 0. The van der Waals surface area contributed by atoms with Crippen molar-refractivity contribution in [2.45, 2.75) is 108 Å². The van der Waals surface area contributed by atoms with Crippen LogP contribution < -0.4 is 10.6 Å². The molecule has 0 bridgehead atoms. The summed E-state index contributed by atoms with van der Waals surface area (Å²) in [6, 6.07) is 15.4. The third-order valence-electron chi connectivity index (χ3n) is 9.10. The van der Waals surface area contributed by atoms with Crippen molar-refractivity contribution in [1.29, 1.82) is 0 Å². The monoisotopic (exact) mass is 619 g/mol. The molecule has 244 valence electrons. The van der Waals surface area contributed by atoms with Gasteiger partial charge in [0.25, 0.3) is 0 Å². The highest BCUT2D eigenvalue weighted by Gasteiger charge is 2.44. The van der Waals surface area contributed by atoms with Gasteiger partial charge >= 0.3 is 6.09 Å². The maximum Gasteiger partial charge on any atom is 0.411 e. The van der Waals surface area contributed by atoms with Gasteiger partial charge in [0.2, 0.25) is 5.91 Å². The van der Waals surface area contributed by atoms with Crippen LogP contribution in [0.1, 0.15) is 94.8 Å². The Morgan fingerprint density at radius 3 is 2.40 bits per heavy atom. The predicted octanol–water partition coefficient (Wildman–Crippen LogP) is 6.40. The van der Waals surface area contributed by atoms with E-state index in [9.17, 15) is 14.7 Å². The molecule has 6 unspecified atom stereocenters. The van der Waals surface area contributed by atoms with Crippen LogP contribution in [-0.2, 0) is 25.6 Å². The average molecular weight is 620 g/mol. The minimum atomic E-state index is -0.637. The van der Waals surface area contributed by atoms with Gasteiger partial charge in [-0.2, -0.15) is 0 Å². The molecular formula is C36H49N3O6. The van der Waals surface area contributed by atoms with Gasteiger partial charge in [0.05, 0.1) is 24.9 Å². The molecule has 2 amide bonds. The van der Waals surface area contributed by atoms with Crippen LogP contribution in [0.3, 0.4) is 0 Å². The number of carbonyl (C=O) groups is 2. The van der Waals surface area contributed by atoms with Crippen LogP contribution in [0.2, 0.25) is 0 Å². The first kappa shape index (κ1) is 33.1. The quantitative estimate of drug-likeness (QED) is 0.279. The van der Waals surface area contributed by atoms with E-state index < -0.39 is 12.4 Å². The molecule has 3 fully saturated rings. The minimum Gasteiger partial charge on any atom is -0.445 e. The van der Waals surface area contributed by atoms with Gasteiger partial charge in [-0.1, -0.05) is 61.9 Å². The summed E-state index contributed by atoms with van der Waals surface area (Å²) in [6.07, 6.45) is 7.26. The van der Waals surface area contributed by atoms with Crippen molar-refractivity contribution in [3.63, 3.8) is 0 Å². The minimum absolute atomic E-state index is 0.0167. The van der Waals surface area contributed by atoms with Crippen molar-refractivity contribution in [2.75, 3.05) is 18.5 Å². The third-order valence-corrected chi connectivity index (χ3v) is 9.10. The number of piperidine rings is 1. The summed E-state index contributed by atoms with van der Waals surface area (Å²) in [7, 11) is 0. The maximum atomic E-state index is 13.7. The molecule has 2 aliphatic heterocycles. The smallest absolute Gasteiger partial charge is 0.411 e. The van der Waals surface area contributed by atoms with Gasteiger partial charge in [-0.05, 0) is 75.6 Å². The number of aliphatic hydroxyl groups excluding tert-OH is 1. The Labute approximate surface area is 267 Å². The number of hydrogen-bond donors (Lipinski definition) is 3. The molecule has 3 aliphatic rings. The van der Waals surface area contributed by atoms with Gasteiger partial charge < -0.3 is 24.6 Å². The molecule has 45 heavy (non-hydrogen) atoms. The maximum absolute atomic E-state index is 13.7. The molecule has 3 N–H and O–H groups in total. The van der Waals surface area contributed by atoms with Crippen molar-refractivity contribution < 1.29 is 28.9 Å². The number of hydrogen-bond acceptors (Lipinski definition) is 7. The van der Waals surface area contributed by atoms with Crippen molar-refractivity contribution in [1.82, 2.24) is 10.2 Å². The number of rotatable bonds is 9. The molecule has 0 spiro atoms. The highest BCUT2D eigenvalue weighted by molar-refractivity contribution is 5.84. The lowest BCUT2D eigenvalue weighted by molar-refractivity contribution is -0.255. The van der Waals surface area contributed by atoms with Crippen molar-refractivity contribution in [3.8, 4) is 0 Å². The molecule has 6 atom stereocenters. The molecule has 9 nitrogen and oxygen atoms in total. The number of nitrogens with zero attached hydrogens (tertiary/aromatic N) is 1. The van der Waals surface area contributed by atoms with Crippen molar-refractivity contribution in [2.24, 2.45) is 5.92 Å². The fourth-order valence-electron chi connectivity index (χ4n) is 7.01. The van der Waals surface area contributed by atoms with E-state index in [0.29, 0.717) is 30.6 Å². The highest BCUT2D eigenvalue weighted by Crippen LogP contribution is 2.42. The van der Waals surface area contributed by atoms with Crippen LogP contribution in [0.25, 0.3) is 0 Å². The van der Waals surface area contributed by atoms with Gasteiger partial charge in [-0.3, -0.25) is 15.0 Å². The molecule has 2 aromatic carbocycles. The fraction of sp³-hybridized carbons (Fsp3) is 0.556. The number of carbonyl (C=O) groups excluding carboxylic acids is 2. The van der Waals surface area contributed by atoms with Crippen LogP contribution in [0.4, 0.5) is 10.5 Å². The molecule has 9 heteroatoms. The lowest BCUT2D eigenvalue weighted by Gasteiger charge is -2.50. The summed E-state index contributed by atoms with van der Waals surface area (Å²) in [5.74, 6) is 0.703. The molecule has 1 aliphatic carbocycles. The first-order chi connectivity index (χ1) is 21.6. The van der Waals surface area contributed by atoms with Crippen LogP contribution in [0.5, 0.6) is 0 Å². The number of likely N-dealkylation sites (tertiary alicyclic amines) is 1. The zero-order valence-electron chi connectivity index (χ0n) is 26.9. The van der Waals surface area contributed by atoms with Crippen LogP contribution in [0.15, 0.2) is 61.2 Å². The number of anilines is 1. The number of benzene rings is 2. The largest absolute Gasteiger partial charge is 0.445 e. The van der Waals surface area contributed by atoms with E-state index in [-0.39, 0.29) is 42.9 Å². The second kappa shape index (κ2) is 14.9. The molecule has 0 radical (unpaired) electrons. The zero-order valence-corrected chi connectivity index (χ0v) is 26.9. The average Bonchev–Trinajstić information content (AvgIpc) is 3.03. The Hall–Kier alpha value is -3.24. The summed E-state index contributed by atoms with van der Waals surface area (Å²) in [5.41, 5.74) is 2.99. The first-order valence-electron chi connectivity index (χ1n) is 16.4. The van der Waals surface area contributed by atoms with Crippen LogP contribution in [-0.4, -0.2) is 58.9 Å². The summed E-state index contributed by atoms with van der Waals surface area (Å²) < 4.78 is 18.3. The molecule has 2 heterocycles. The van der Waals surface area contributed by atoms with Crippen molar-refractivity contribution >= 4 is 17.7 Å². The second-order valence-corrected chi connectivity index (χ2v) is 13.6. The van der Waals surface area contributed by atoms with E-state index in [1.165, 1.54) is 25.3 Å². The summed E-state index contributed by atoms with van der Waals surface area (Å²) in [5, 5.41) is 15.5. The van der Waals surface area contributed by atoms with Crippen molar-refractivity contribution in [3.05, 3.63) is 77.9 Å². The molecule has 0 aromatic heterocycles. The van der Waals surface area contributed by atoms with Gasteiger partial charge in [-0.25, -0.2) is 4.79 Å². The predicted molar refractivity (Wildman–Crippen MR) is 173 cm³/mol. The number of amides is 2. The zero-order chi connectivity index (χ0) is 32.0. The van der Waals surface area contributed by atoms with E-state index >= 15 is 0 Å². The Balaban J connectivity index is 1.39. The number of nitrogens with one attached hydrogen (secondary N) is 2. The summed E-state index contributed by atoms with van der Waals surface area (Å²) in [4.78, 5) is 28.1. The number of ether oxygens (including phenoxy) is 3. The van der Waals surface area contributed by atoms with E-state index in [1.807, 2.05) is 57.2 Å². The Kier molecular flexibility index (Phi) is 11.0. The lowest BCUT2D eigenvalue weighted by atomic mass is 9.75. The number of fused-ring (bicyclic) bond motifs is 1. The first-order valence-corrected chi connectivity index (χ1v) is 16.4. The molecule has 2 aromatic rings. The van der Waals surface area contributed by atoms with E-state index in [0.717, 1.165) is 36.0 Å². The molecule has 2 saturated heterocycles. The SMILES string of the molecule is C=CCOC(=O)Nc1ccc(C2OC(CN3C(C(=O)NC(C)(C)C)CCC4CCCCC43)CC(c3ccc(CO)cc3)O2)cc1. The standard InChI is InChI=1S/C36H49N3O6/c1-5-20-43-35(42)37-28-17-14-27(15-18-28)34-44-29(21-32(45-34)26-12-10-24(23-40)11-13-26)22-39-30-9-7-6-8-25(30)16-19-31(39)33(41)38-36(2,3)4/h5,10-15,17-18,25,29-32,34,40H,1,6-9,16,19-23H2,2-4H3,(H,37,42)(H,38,41). The molecule has 1 saturated carbocycles. The summed E-state index contributed by atoms with van der Waals surface area (Å²) in [6.45, 7) is 10.4. The highest BCUT2D eigenvalue weighted by atomic mass is 16.7. The topological polar surface area (TPSA) is 109 Å². The van der Waals surface area contributed by atoms with E-state index in [1.54, 1.807) is 12.1 Å². The Morgan fingerprint density at radius 1 is 1.00 bits per heavy atom. The lowest BCUT2D eigenvalue weighted by Crippen LogP contribution is -2.61. The van der Waals surface area contributed by atoms with E-state index in [2.05, 4.69) is 22.1 Å². The number of aliphatic hydroxyl groups is 1. The normalized spacial score (nSPS) is 27.2. The fourth-order valence-corrected chi connectivity index (χ4v) is 7.01. The second-order valence-electron chi connectivity index (χ2n) is 13.6. The van der Waals surface area contributed by atoms with Crippen LogP contribution >= 0.6 is 0 Å². The van der Waals surface area contributed by atoms with Gasteiger partial charge in [0.15, 0.2) is 6.29 Å². The van der Waals surface area contributed by atoms with Crippen LogP contribution in [0, 0.1) is 5.92 Å². The third kappa shape index (κ3) is 8.73. The van der Waals surface area contributed by atoms with Gasteiger partial charge in [0.1, 0.15) is 6.61 Å². The van der Waals surface area contributed by atoms with Gasteiger partial charge in [0, 0.05) is 35.8 Å². The Bertz CT molecular complexity index is 1290.